The highest BCUT2D eigenvalue weighted by molar-refractivity contribution is 7.22. The van der Waals surface area contributed by atoms with Crippen molar-refractivity contribution in [1.82, 2.24) is 9.97 Å². The molecule has 10 aromatic rings. The van der Waals surface area contributed by atoms with Crippen molar-refractivity contribution in [3.05, 3.63) is 180 Å². The van der Waals surface area contributed by atoms with Crippen molar-refractivity contribution in [2.45, 2.75) is 64.2 Å². The summed E-state index contributed by atoms with van der Waals surface area (Å²) < 4.78 is 13.9. The zero-order valence-electron chi connectivity index (χ0n) is 39.9. The second-order valence-corrected chi connectivity index (χ2v) is 20.5. The van der Waals surface area contributed by atoms with E-state index in [4.69, 9.17) is 19.4 Å². The topological polar surface area (TPSA) is 56.3 Å². The average Bonchev–Trinajstić information content (AvgIpc) is 4.18. The normalized spacial score (nSPS) is 13.8. The molecule has 5 nitrogen and oxygen atoms in total. The molecule has 0 spiro atoms. The van der Waals surface area contributed by atoms with Crippen LogP contribution in [0.25, 0.3) is 86.1 Å². The van der Waals surface area contributed by atoms with Crippen molar-refractivity contribution < 1.29 is 9.47 Å². The van der Waals surface area contributed by atoms with Gasteiger partial charge in [-0.25, -0.2) is 9.97 Å². The summed E-state index contributed by atoms with van der Waals surface area (Å²) in [6.45, 7) is 9.45. The molecule has 0 unspecified atom stereocenters. The Hall–Kier alpha value is -7.06. The third-order valence-corrected chi connectivity index (χ3v) is 17.7. The number of thiazole rings is 2. The molecule has 12 rings (SSSR count). The molecule has 2 aromatic heterocycles. The number of hydrogen-bond acceptors (Lipinski definition) is 7. The smallest absolute Gasteiger partial charge is 0.124 e. The van der Waals surface area contributed by atoms with E-state index in [9.17, 15) is 0 Å². The van der Waals surface area contributed by atoms with Crippen LogP contribution in [0.2, 0.25) is 0 Å². The summed E-state index contributed by atoms with van der Waals surface area (Å²) in [6, 6.07) is 57.8. The molecule has 340 valence electrons. The first kappa shape index (κ1) is 43.2. The fraction of sp³-hybridized carbons (Fsp3) is 0.194. The van der Waals surface area contributed by atoms with E-state index in [1.807, 2.05) is 0 Å². The minimum atomic E-state index is -0.247. The van der Waals surface area contributed by atoms with Crippen LogP contribution in [0.1, 0.15) is 75.6 Å². The highest BCUT2D eigenvalue weighted by atomic mass is 32.1. The molecule has 7 heteroatoms. The first-order valence-electron chi connectivity index (χ1n) is 24.3. The third kappa shape index (κ3) is 6.61. The molecule has 69 heavy (non-hydrogen) atoms. The van der Waals surface area contributed by atoms with Gasteiger partial charge in [-0.15, -0.1) is 22.7 Å². The SMILES string of the molecule is CCC1(CC)c2cc(-c3nc4ccccc4s3)ccc2-c2ccc(Nc3ccc4c(c3-c3ccc(OC)cc3)C(CC)(CC)c3cc(-c5nc6ccccc6s5)ccc3-4)c(-c3ccc(OC)cc3)c21. The van der Waals surface area contributed by atoms with Crippen LogP contribution in [0.5, 0.6) is 11.5 Å². The number of methoxy groups -OCH3 is 2. The summed E-state index contributed by atoms with van der Waals surface area (Å²) in [5.41, 5.74) is 21.5. The van der Waals surface area contributed by atoms with Crippen molar-refractivity contribution in [3.8, 4) is 77.1 Å². The number of para-hydroxylation sites is 2. The predicted molar refractivity (Wildman–Crippen MR) is 291 cm³/mol. The molecule has 0 aliphatic heterocycles. The number of nitrogens with zero attached hydrogens (tertiary/aromatic N) is 2. The van der Waals surface area contributed by atoms with Gasteiger partial charge in [-0.3, -0.25) is 0 Å². The Morgan fingerprint density at radius 1 is 0.435 bits per heavy atom. The fourth-order valence-electron chi connectivity index (χ4n) is 12.0. The van der Waals surface area contributed by atoms with Crippen LogP contribution in [0.4, 0.5) is 11.4 Å². The fourth-order valence-corrected chi connectivity index (χ4v) is 13.9. The van der Waals surface area contributed by atoms with E-state index in [2.05, 4.69) is 191 Å². The highest BCUT2D eigenvalue weighted by Gasteiger charge is 2.45. The van der Waals surface area contributed by atoms with Gasteiger partial charge in [0.15, 0.2) is 0 Å². The van der Waals surface area contributed by atoms with Crippen molar-refractivity contribution in [3.63, 3.8) is 0 Å². The maximum absolute atomic E-state index is 5.74. The molecule has 1 N–H and O–H groups in total. The maximum Gasteiger partial charge on any atom is 0.124 e. The van der Waals surface area contributed by atoms with E-state index >= 15 is 0 Å². The Bertz CT molecular complexity index is 3310. The molecular formula is C62H53N3O2S2. The Kier molecular flexibility index (Phi) is 10.6. The molecule has 0 amide bonds. The van der Waals surface area contributed by atoms with E-state index in [0.29, 0.717) is 0 Å². The van der Waals surface area contributed by atoms with Crippen molar-refractivity contribution in [2.24, 2.45) is 0 Å². The van der Waals surface area contributed by atoms with Crippen molar-refractivity contribution in [1.29, 1.82) is 0 Å². The van der Waals surface area contributed by atoms with Gasteiger partial charge in [0.2, 0.25) is 0 Å². The van der Waals surface area contributed by atoms with E-state index in [0.717, 1.165) is 80.7 Å². The molecule has 0 saturated heterocycles. The van der Waals surface area contributed by atoms with Gasteiger partial charge in [0, 0.05) is 44.5 Å². The number of fused-ring (bicyclic) bond motifs is 8. The lowest BCUT2D eigenvalue weighted by Crippen LogP contribution is -2.25. The first-order chi connectivity index (χ1) is 33.8. The van der Waals surface area contributed by atoms with E-state index in [-0.39, 0.29) is 10.8 Å². The summed E-state index contributed by atoms with van der Waals surface area (Å²) in [6.07, 6.45) is 3.79. The number of ether oxygens (including phenoxy) is 2. The average molecular weight is 936 g/mol. The molecule has 0 bridgehead atoms. The molecule has 2 aliphatic rings. The van der Waals surface area contributed by atoms with E-state index < -0.39 is 0 Å². The van der Waals surface area contributed by atoms with Crippen LogP contribution in [0.15, 0.2) is 158 Å². The summed E-state index contributed by atoms with van der Waals surface area (Å²) >= 11 is 3.54. The zero-order valence-corrected chi connectivity index (χ0v) is 41.5. The largest absolute Gasteiger partial charge is 0.497 e. The molecule has 2 heterocycles. The molecule has 0 atom stereocenters. The van der Waals surface area contributed by atoms with Gasteiger partial charge in [0.1, 0.15) is 21.5 Å². The van der Waals surface area contributed by atoms with Crippen LogP contribution in [-0.2, 0) is 10.8 Å². The van der Waals surface area contributed by atoms with Crippen LogP contribution in [-0.4, -0.2) is 24.2 Å². The predicted octanol–water partition coefficient (Wildman–Crippen LogP) is 17.5. The number of anilines is 2. The summed E-state index contributed by atoms with van der Waals surface area (Å²) in [5, 5.41) is 6.32. The van der Waals surface area contributed by atoms with Gasteiger partial charge >= 0.3 is 0 Å². The lowest BCUT2D eigenvalue weighted by Gasteiger charge is -2.34. The van der Waals surface area contributed by atoms with Gasteiger partial charge in [0.25, 0.3) is 0 Å². The number of nitrogens with one attached hydrogen (secondary N) is 1. The monoisotopic (exact) mass is 935 g/mol. The van der Waals surface area contributed by atoms with E-state index in [1.54, 1.807) is 36.9 Å². The van der Waals surface area contributed by atoms with E-state index in [1.165, 1.54) is 76.2 Å². The maximum atomic E-state index is 5.74. The number of rotatable bonds is 12. The minimum absolute atomic E-state index is 0.247. The summed E-state index contributed by atoms with van der Waals surface area (Å²) in [7, 11) is 3.48. The minimum Gasteiger partial charge on any atom is -0.497 e. The lowest BCUT2D eigenvalue weighted by molar-refractivity contribution is 0.415. The Labute approximate surface area is 412 Å². The third-order valence-electron chi connectivity index (χ3n) is 15.5. The summed E-state index contributed by atoms with van der Waals surface area (Å²) in [5.74, 6) is 1.67. The van der Waals surface area contributed by atoms with Gasteiger partial charge in [-0.05, 0) is 154 Å². The van der Waals surface area contributed by atoms with Crippen molar-refractivity contribution >= 4 is 54.5 Å². The molecule has 0 fully saturated rings. The molecule has 0 radical (unpaired) electrons. The number of hydrogen-bond donors (Lipinski definition) is 1. The Morgan fingerprint density at radius 2 is 0.812 bits per heavy atom. The first-order valence-corrected chi connectivity index (χ1v) is 25.9. The van der Waals surface area contributed by atoms with Crippen LogP contribution >= 0.6 is 22.7 Å². The zero-order chi connectivity index (χ0) is 47.0. The van der Waals surface area contributed by atoms with Gasteiger partial charge in [-0.2, -0.15) is 0 Å². The van der Waals surface area contributed by atoms with Gasteiger partial charge in [-0.1, -0.05) is 113 Å². The van der Waals surface area contributed by atoms with Gasteiger partial charge < -0.3 is 14.8 Å². The summed E-state index contributed by atoms with van der Waals surface area (Å²) in [4.78, 5) is 10.2. The van der Waals surface area contributed by atoms with Crippen LogP contribution < -0.4 is 14.8 Å². The molecule has 0 saturated carbocycles. The Balaban J connectivity index is 1.06. The standard InChI is InChI=1S/C62H53N3O2S2/c1-7-61(8-2)47-35-39(59-64-49-15-11-13-17-53(49)68-59)23-29-43(47)45-31-33-51(55(57(45)61)37-19-25-41(66-5)26-20-37)63-52-34-32-46-44-30-24-40(60-65-50-16-12-14-18-54(50)69-60)36-48(44)62(9-3,10-4)58(46)56(52)38-21-27-42(67-6)28-22-38/h11-36,63H,7-10H2,1-6H3. The second kappa shape index (κ2) is 16.9. The molecule has 2 aliphatic carbocycles. The lowest BCUT2D eigenvalue weighted by atomic mass is 9.70. The second-order valence-electron chi connectivity index (χ2n) is 18.5. The number of benzene rings is 8. The Morgan fingerprint density at radius 3 is 1.19 bits per heavy atom. The van der Waals surface area contributed by atoms with Crippen LogP contribution in [0.3, 0.4) is 0 Å². The number of aromatic nitrogens is 2. The van der Waals surface area contributed by atoms with Crippen LogP contribution in [0, 0.1) is 0 Å². The quantitative estimate of drug-likeness (QED) is 0.132. The highest BCUT2D eigenvalue weighted by Crippen LogP contribution is 2.61. The molecule has 8 aromatic carbocycles. The molecular weight excluding hydrogens is 883 g/mol. The van der Waals surface area contributed by atoms with Gasteiger partial charge in [0.05, 0.1) is 34.7 Å². The van der Waals surface area contributed by atoms with Crippen molar-refractivity contribution in [2.75, 3.05) is 19.5 Å².